The number of benzene rings is 1. The number of anilines is 1. The molecule has 3 N–H and O–H groups in total. The molecule has 0 bridgehead atoms. The molecule has 28 heavy (non-hydrogen) atoms. The Labute approximate surface area is 170 Å². The molecule has 5 heteroatoms. The molecule has 156 valence electrons. The Balaban J connectivity index is 1.38. The van der Waals surface area contributed by atoms with Crippen LogP contribution in [0.3, 0.4) is 0 Å². The lowest BCUT2D eigenvalue weighted by atomic mass is 9.69. The van der Waals surface area contributed by atoms with Gasteiger partial charge in [-0.1, -0.05) is 27.2 Å². The Bertz CT molecular complexity index is 628. The summed E-state index contributed by atoms with van der Waals surface area (Å²) in [5, 5.41) is 12.7. The van der Waals surface area contributed by atoms with Crippen molar-refractivity contribution >= 4 is 11.6 Å². The molecule has 1 aromatic carbocycles. The maximum absolute atomic E-state index is 12.5. The second-order valence-corrected chi connectivity index (χ2v) is 9.39. The molecule has 1 aliphatic heterocycles. The number of aromatic hydroxyl groups is 1. The third kappa shape index (κ3) is 5.40. The molecule has 0 spiro atoms. The Hall–Kier alpha value is -1.75. The van der Waals surface area contributed by atoms with Crippen molar-refractivity contribution in [3.8, 4) is 5.75 Å². The van der Waals surface area contributed by atoms with Gasteiger partial charge in [-0.2, -0.15) is 0 Å². The lowest BCUT2D eigenvalue weighted by Crippen LogP contribution is -3.16. The molecule has 0 atom stereocenters. The zero-order valence-electron chi connectivity index (χ0n) is 17.8. The lowest BCUT2D eigenvalue weighted by Gasteiger charge is -2.39. The zero-order valence-corrected chi connectivity index (χ0v) is 17.8. The summed E-state index contributed by atoms with van der Waals surface area (Å²) in [6.45, 7) is 11.5. The van der Waals surface area contributed by atoms with Crippen LogP contribution in [0.2, 0.25) is 0 Å². The number of nitrogens with one attached hydrogen (secondary N) is 2. The van der Waals surface area contributed by atoms with E-state index >= 15 is 0 Å². The van der Waals surface area contributed by atoms with Crippen LogP contribution in [0, 0.1) is 11.3 Å². The zero-order chi connectivity index (χ0) is 20.1. The molecular weight excluding hydrogens is 350 g/mol. The summed E-state index contributed by atoms with van der Waals surface area (Å²) in [5.41, 5.74) is 1.57. The average Bonchev–Trinajstić information content (AvgIpc) is 2.69. The number of quaternary nitrogens is 1. The number of hydrogen-bond donors (Lipinski definition) is 3. The van der Waals surface area contributed by atoms with Gasteiger partial charge in [0, 0.05) is 11.7 Å². The second-order valence-electron chi connectivity index (χ2n) is 9.39. The molecule has 5 nitrogen and oxygen atoms in total. The van der Waals surface area contributed by atoms with Gasteiger partial charge in [0.2, 0.25) is 0 Å². The van der Waals surface area contributed by atoms with Gasteiger partial charge in [-0.15, -0.1) is 0 Å². The van der Waals surface area contributed by atoms with E-state index in [4.69, 9.17) is 0 Å². The summed E-state index contributed by atoms with van der Waals surface area (Å²) in [7, 11) is 0. The number of carbonyl (C=O) groups is 1. The van der Waals surface area contributed by atoms with Gasteiger partial charge >= 0.3 is 0 Å². The second kappa shape index (κ2) is 9.17. The topological polar surface area (TPSA) is 57.0 Å². The van der Waals surface area contributed by atoms with Crippen LogP contribution in [0.15, 0.2) is 24.3 Å². The lowest BCUT2D eigenvalue weighted by molar-refractivity contribution is -0.892. The molecule has 1 aliphatic carbocycles. The summed E-state index contributed by atoms with van der Waals surface area (Å²) >= 11 is 0. The first kappa shape index (κ1) is 21.0. The van der Waals surface area contributed by atoms with Gasteiger partial charge in [-0.05, 0) is 61.3 Å². The minimum atomic E-state index is 0.214. The molecule has 1 saturated carbocycles. The van der Waals surface area contributed by atoms with E-state index in [0.29, 0.717) is 23.8 Å². The van der Waals surface area contributed by atoms with E-state index in [2.05, 4.69) is 31.0 Å². The molecular formula is C23H38N3O2+. The molecule has 0 unspecified atom stereocenters. The summed E-state index contributed by atoms with van der Waals surface area (Å²) in [4.78, 5) is 16.2. The Morgan fingerprint density at radius 1 is 1.14 bits per heavy atom. The highest BCUT2D eigenvalue weighted by Crippen LogP contribution is 2.40. The number of phenolic OH excluding ortho intramolecular Hbond substituents is 1. The largest absolute Gasteiger partial charge is 0.508 e. The SMILES string of the molecule is CCC(C)(C)C1CCC(NC(=O)C[NH+]2CCN(c3ccc(O)cc3)CC2)CC1. The minimum absolute atomic E-state index is 0.214. The van der Waals surface area contributed by atoms with E-state index in [9.17, 15) is 9.90 Å². The van der Waals surface area contributed by atoms with Gasteiger partial charge in [0.25, 0.3) is 5.91 Å². The quantitative estimate of drug-likeness (QED) is 0.700. The van der Waals surface area contributed by atoms with Crippen molar-refractivity contribution in [3.05, 3.63) is 24.3 Å². The predicted molar refractivity (Wildman–Crippen MR) is 114 cm³/mol. The number of rotatable bonds is 6. The number of nitrogens with zero attached hydrogens (tertiary/aromatic N) is 1. The van der Waals surface area contributed by atoms with Gasteiger partial charge in [0.05, 0.1) is 26.2 Å². The number of phenols is 1. The highest BCUT2D eigenvalue weighted by atomic mass is 16.3. The van der Waals surface area contributed by atoms with Gasteiger partial charge in [-0.25, -0.2) is 0 Å². The van der Waals surface area contributed by atoms with Crippen molar-refractivity contribution in [3.63, 3.8) is 0 Å². The maximum Gasteiger partial charge on any atom is 0.275 e. The highest BCUT2D eigenvalue weighted by molar-refractivity contribution is 5.77. The molecule has 1 saturated heterocycles. The van der Waals surface area contributed by atoms with Crippen molar-refractivity contribution in [2.24, 2.45) is 11.3 Å². The molecule has 2 fully saturated rings. The third-order valence-electron chi connectivity index (χ3n) is 7.20. The van der Waals surface area contributed by atoms with Crippen LogP contribution in [-0.2, 0) is 4.79 Å². The van der Waals surface area contributed by atoms with Crippen LogP contribution >= 0.6 is 0 Å². The molecule has 3 rings (SSSR count). The van der Waals surface area contributed by atoms with Gasteiger partial charge in [0.1, 0.15) is 5.75 Å². The molecule has 2 aliphatic rings. The van der Waals surface area contributed by atoms with Crippen molar-refractivity contribution in [1.29, 1.82) is 0 Å². The maximum atomic E-state index is 12.5. The van der Waals surface area contributed by atoms with Gasteiger partial charge in [-0.3, -0.25) is 4.79 Å². The molecule has 1 heterocycles. The molecule has 1 aromatic rings. The summed E-state index contributed by atoms with van der Waals surface area (Å²) < 4.78 is 0. The smallest absolute Gasteiger partial charge is 0.275 e. The fourth-order valence-corrected chi connectivity index (χ4v) is 4.74. The molecule has 0 radical (unpaired) electrons. The van der Waals surface area contributed by atoms with E-state index < -0.39 is 0 Å². The highest BCUT2D eigenvalue weighted by Gasteiger charge is 2.32. The van der Waals surface area contributed by atoms with Crippen LogP contribution in [-0.4, -0.2) is 49.8 Å². The third-order valence-corrected chi connectivity index (χ3v) is 7.20. The number of hydrogen-bond acceptors (Lipinski definition) is 3. The fourth-order valence-electron chi connectivity index (χ4n) is 4.74. The monoisotopic (exact) mass is 388 g/mol. The van der Waals surface area contributed by atoms with Crippen LogP contribution < -0.4 is 15.1 Å². The van der Waals surface area contributed by atoms with E-state index in [1.54, 1.807) is 12.1 Å². The van der Waals surface area contributed by atoms with Gasteiger partial charge in [0.15, 0.2) is 6.54 Å². The van der Waals surface area contributed by atoms with Crippen LogP contribution in [0.25, 0.3) is 0 Å². The first-order chi connectivity index (χ1) is 13.4. The predicted octanol–water partition coefficient (Wildman–Crippen LogP) is 2.21. The van der Waals surface area contributed by atoms with E-state index in [0.717, 1.165) is 50.6 Å². The minimum Gasteiger partial charge on any atom is -0.508 e. The Morgan fingerprint density at radius 2 is 1.75 bits per heavy atom. The standard InChI is InChI=1S/C23H37N3O2/c1-4-23(2,3)18-5-7-19(8-6-18)24-22(28)17-25-13-15-26(16-14-25)20-9-11-21(27)12-10-20/h9-12,18-19,27H,4-8,13-17H2,1-3H3,(H,24,28)/p+1. The van der Waals surface area contributed by atoms with E-state index in [1.165, 1.54) is 24.2 Å². The number of amides is 1. The van der Waals surface area contributed by atoms with Crippen molar-refractivity contribution in [2.45, 2.75) is 58.9 Å². The van der Waals surface area contributed by atoms with Crippen molar-refractivity contribution < 1.29 is 14.8 Å². The van der Waals surface area contributed by atoms with Gasteiger partial charge < -0.3 is 20.2 Å². The first-order valence-corrected chi connectivity index (χ1v) is 11.0. The normalized spacial score (nSPS) is 24.2. The fraction of sp³-hybridized carbons (Fsp3) is 0.696. The summed E-state index contributed by atoms with van der Waals surface area (Å²) in [6.07, 6.45) is 5.97. The van der Waals surface area contributed by atoms with Crippen LogP contribution in [0.5, 0.6) is 5.75 Å². The summed E-state index contributed by atoms with van der Waals surface area (Å²) in [5.74, 6) is 1.31. The van der Waals surface area contributed by atoms with Crippen LogP contribution in [0.1, 0.15) is 52.9 Å². The van der Waals surface area contributed by atoms with Crippen molar-refractivity contribution in [1.82, 2.24) is 5.32 Å². The molecule has 0 aromatic heterocycles. The Morgan fingerprint density at radius 3 is 2.32 bits per heavy atom. The molecule has 1 amide bonds. The number of piperazine rings is 1. The van der Waals surface area contributed by atoms with Crippen LogP contribution in [0.4, 0.5) is 5.69 Å². The number of carbonyl (C=O) groups excluding carboxylic acids is 1. The Kier molecular flexibility index (Phi) is 6.86. The van der Waals surface area contributed by atoms with E-state index in [1.807, 2.05) is 12.1 Å². The van der Waals surface area contributed by atoms with Crippen molar-refractivity contribution in [2.75, 3.05) is 37.6 Å². The van der Waals surface area contributed by atoms with E-state index in [-0.39, 0.29) is 5.91 Å². The first-order valence-electron chi connectivity index (χ1n) is 11.0. The summed E-state index contributed by atoms with van der Waals surface area (Å²) in [6, 6.07) is 7.76. The average molecular weight is 389 g/mol.